The molecule has 0 saturated carbocycles. The van der Waals surface area contributed by atoms with Gasteiger partial charge in [-0.2, -0.15) is 0 Å². The van der Waals surface area contributed by atoms with Crippen LogP contribution in [0.2, 0.25) is 0 Å². The summed E-state index contributed by atoms with van der Waals surface area (Å²) >= 11 is 0. The highest BCUT2D eigenvalue weighted by atomic mass is 16.9. The average molecular weight is 202 g/mol. The number of hydrogen-bond acceptors (Lipinski definition) is 3. The van der Waals surface area contributed by atoms with E-state index in [0.29, 0.717) is 0 Å². The quantitative estimate of drug-likeness (QED) is 0.641. The Morgan fingerprint density at radius 2 is 1.50 bits per heavy atom. The third-order valence-electron chi connectivity index (χ3n) is 2.36. The maximum Gasteiger partial charge on any atom is 0.163 e. The maximum atomic E-state index is 5.49. The van der Waals surface area contributed by atoms with Gasteiger partial charge in [-0.25, -0.2) is 0 Å². The predicted molar refractivity (Wildman–Crippen MR) is 54.7 cm³/mol. The molecule has 0 aromatic heterocycles. The van der Waals surface area contributed by atoms with E-state index in [0.717, 1.165) is 6.42 Å². The normalized spacial score (nSPS) is 33.2. The van der Waals surface area contributed by atoms with Gasteiger partial charge in [-0.05, 0) is 26.7 Å². The Balaban J connectivity index is 2.10. The van der Waals surface area contributed by atoms with Crippen molar-refractivity contribution >= 4 is 0 Å². The second-order valence-corrected chi connectivity index (χ2v) is 3.82. The summed E-state index contributed by atoms with van der Waals surface area (Å²) in [5.74, 6) is 0. The van der Waals surface area contributed by atoms with Gasteiger partial charge in [0.15, 0.2) is 18.9 Å². The summed E-state index contributed by atoms with van der Waals surface area (Å²) in [6, 6.07) is 0. The first-order valence-corrected chi connectivity index (χ1v) is 5.68. The molecule has 84 valence electrons. The Bertz CT molecular complexity index is 139. The molecule has 1 rings (SSSR count). The molecule has 0 aliphatic carbocycles. The molecule has 1 aliphatic rings. The third-order valence-corrected chi connectivity index (χ3v) is 2.36. The molecule has 1 fully saturated rings. The molecule has 2 unspecified atom stereocenters. The monoisotopic (exact) mass is 202 g/mol. The van der Waals surface area contributed by atoms with Crippen LogP contribution in [0.3, 0.4) is 0 Å². The summed E-state index contributed by atoms with van der Waals surface area (Å²) in [4.78, 5) is 0. The van der Waals surface area contributed by atoms with Crippen molar-refractivity contribution in [2.75, 3.05) is 0 Å². The minimum atomic E-state index is -0.130. The highest BCUT2D eigenvalue weighted by molar-refractivity contribution is 4.53. The molecule has 0 aromatic carbocycles. The van der Waals surface area contributed by atoms with Crippen LogP contribution in [0.4, 0.5) is 0 Å². The fraction of sp³-hybridized carbons (Fsp3) is 1.00. The lowest BCUT2D eigenvalue weighted by molar-refractivity contribution is -0.374. The topological polar surface area (TPSA) is 27.7 Å². The Kier molecular flexibility index (Phi) is 5.45. The Morgan fingerprint density at radius 1 is 0.857 bits per heavy atom. The third kappa shape index (κ3) is 4.40. The molecule has 0 N–H and O–H groups in total. The first-order valence-electron chi connectivity index (χ1n) is 5.68. The molecule has 1 saturated heterocycles. The van der Waals surface area contributed by atoms with Crippen molar-refractivity contribution in [2.24, 2.45) is 0 Å². The zero-order valence-electron chi connectivity index (χ0n) is 9.49. The van der Waals surface area contributed by atoms with Crippen LogP contribution in [0.5, 0.6) is 0 Å². The van der Waals surface area contributed by atoms with Crippen LogP contribution in [0.15, 0.2) is 0 Å². The van der Waals surface area contributed by atoms with Gasteiger partial charge in [0.05, 0.1) is 0 Å². The largest absolute Gasteiger partial charge is 0.324 e. The van der Waals surface area contributed by atoms with E-state index in [2.05, 4.69) is 6.92 Å². The van der Waals surface area contributed by atoms with E-state index in [9.17, 15) is 0 Å². The van der Waals surface area contributed by atoms with E-state index < -0.39 is 0 Å². The summed E-state index contributed by atoms with van der Waals surface area (Å²) < 4.78 is 16.3. The van der Waals surface area contributed by atoms with Gasteiger partial charge in [0, 0.05) is 0 Å². The zero-order chi connectivity index (χ0) is 10.4. The standard InChI is InChI=1S/C11H22O3/c1-4-5-6-7-8-11-13-9(2)12-10(3)14-11/h9-11H,4-8H2,1-3H3. The molecule has 1 aliphatic heterocycles. The smallest absolute Gasteiger partial charge is 0.163 e. The lowest BCUT2D eigenvalue weighted by Crippen LogP contribution is -2.37. The van der Waals surface area contributed by atoms with E-state index in [1.165, 1.54) is 25.7 Å². The molecule has 3 heteroatoms. The van der Waals surface area contributed by atoms with Crippen LogP contribution in [0, 0.1) is 0 Å². The van der Waals surface area contributed by atoms with E-state index in [1.54, 1.807) is 0 Å². The van der Waals surface area contributed by atoms with Crippen molar-refractivity contribution in [3.63, 3.8) is 0 Å². The first-order chi connectivity index (χ1) is 6.72. The molecule has 0 radical (unpaired) electrons. The van der Waals surface area contributed by atoms with Crippen molar-refractivity contribution in [1.82, 2.24) is 0 Å². The van der Waals surface area contributed by atoms with Gasteiger partial charge in [-0.1, -0.05) is 26.2 Å². The summed E-state index contributed by atoms with van der Waals surface area (Å²) in [6.45, 7) is 6.04. The summed E-state index contributed by atoms with van der Waals surface area (Å²) in [7, 11) is 0. The highest BCUT2D eigenvalue weighted by Crippen LogP contribution is 2.19. The SMILES string of the molecule is CCCCCCC1OC(C)OC(C)O1. The van der Waals surface area contributed by atoms with Crippen molar-refractivity contribution < 1.29 is 14.2 Å². The zero-order valence-corrected chi connectivity index (χ0v) is 9.49. The summed E-state index contributed by atoms with van der Waals surface area (Å²) in [6.07, 6.45) is 5.67. The maximum absolute atomic E-state index is 5.49. The van der Waals surface area contributed by atoms with Gasteiger partial charge in [0.25, 0.3) is 0 Å². The summed E-state index contributed by atoms with van der Waals surface area (Å²) in [5, 5.41) is 0. The van der Waals surface area contributed by atoms with Gasteiger partial charge in [-0.15, -0.1) is 0 Å². The van der Waals surface area contributed by atoms with Crippen molar-refractivity contribution in [1.29, 1.82) is 0 Å². The molecule has 0 aromatic rings. The highest BCUT2D eigenvalue weighted by Gasteiger charge is 2.24. The predicted octanol–water partition coefficient (Wildman–Crippen LogP) is 3.04. The Hall–Kier alpha value is -0.120. The average Bonchev–Trinajstić information content (AvgIpc) is 2.11. The first kappa shape index (κ1) is 12.0. The van der Waals surface area contributed by atoms with Crippen molar-refractivity contribution in [3.8, 4) is 0 Å². The van der Waals surface area contributed by atoms with E-state index in [4.69, 9.17) is 14.2 Å². The molecule has 0 spiro atoms. The lowest BCUT2D eigenvalue weighted by Gasteiger charge is -2.32. The molecule has 0 amide bonds. The number of unbranched alkanes of at least 4 members (excludes halogenated alkanes) is 3. The summed E-state index contributed by atoms with van der Waals surface area (Å²) in [5.41, 5.74) is 0. The van der Waals surface area contributed by atoms with Crippen LogP contribution in [-0.2, 0) is 14.2 Å². The fourth-order valence-electron chi connectivity index (χ4n) is 1.67. The van der Waals surface area contributed by atoms with Gasteiger partial charge >= 0.3 is 0 Å². The fourth-order valence-corrected chi connectivity index (χ4v) is 1.67. The van der Waals surface area contributed by atoms with E-state index >= 15 is 0 Å². The second-order valence-electron chi connectivity index (χ2n) is 3.82. The van der Waals surface area contributed by atoms with E-state index in [1.807, 2.05) is 13.8 Å². The second kappa shape index (κ2) is 6.38. The number of hydrogen-bond donors (Lipinski definition) is 0. The van der Waals surface area contributed by atoms with Crippen LogP contribution >= 0.6 is 0 Å². The van der Waals surface area contributed by atoms with E-state index in [-0.39, 0.29) is 18.9 Å². The molecule has 1 heterocycles. The molecular weight excluding hydrogens is 180 g/mol. The minimum Gasteiger partial charge on any atom is -0.324 e. The van der Waals surface area contributed by atoms with Crippen molar-refractivity contribution in [2.45, 2.75) is 71.7 Å². The van der Waals surface area contributed by atoms with Crippen LogP contribution in [0.1, 0.15) is 52.9 Å². The van der Waals surface area contributed by atoms with Gasteiger partial charge in [0.1, 0.15) is 0 Å². The number of ether oxygens (including phenoxy) is 3. The Morgan fingerprint density at radius 3 is 2.07 bits per heavy atom. The molecule has 0 bridgehead atoms. The van der Waals surface area contributed by atoms with Crippen LogP contribution < -0.4 is 0 Å². The number of rotatable bonds is 5. The van der Waals surface area contributed by atoms with Gasteiger partial charge in [0.2, 0.25) is 0 Å². The lowest BCUT2D eigenvalue weighted by atomic mass is 10.1. The molecule has 3 nitrogen and oxygen atoms in total. The molecular formula is C11H22O3. The van der Waals surface area contributed by atoms with Crippen LogP contribution in [0.25, 0.3) is 0 Å². The van der Waals surface area contributed by atoms with Crippen LogP contribution in [-0.4, -0.2) is 18.9 Å². The van der Waals surface area contributed by atoms with Gasteiger partial charge < -0.3 is 14.2 Å². The van der Waals surface area contributed by atoms with Gasteiger partial charge in [-0.3, -0.25) is 0 Å². The molecule has 14 heavy (non-hydrogen) atoms. The van der Waals surface area contributed by atoms with Crippen molar-refractivity contribution in [3.05, 3.63) is 0 Å². The Labute approximate surface area is 86.7 Å². The molecule has 2 atom stereocenters. The minimum absolute atomic E-state index is 0.0643.